The molecule has 0 spiro atoms. The first-order chi connectivity index (χ1) is 14.3. The van der Waals surface area contributed by atoms with Crippen molar-refractivity contribution >= 4 is 74.8 Å². The highest BCUT2D eigenvalue weighted by atomic mass is 127. The highest BCUT2D eigenvalue weighted by Gasteiger charge is 2.35. The summed E-state index contributed by atoms with van der Waals surface area (Å²) in [6.07, 6.45) is 1.69. The van der Waals surface area contributed by atoms with Gasteiger partial charge in [0.05, 0.1) is 28.2 Å². The van der Waals surface area contributed by atoms with Crippen LogP contribution in [-0.2, 0) is 11.3 Å². The van der Waals surface area contributed by atoms with Crippen LogP contribution in [0.4, 0.5) is 4.79 Å². The Labute approximate surface area is 202 Å². The molecule has 0 aromatic heterocycles. The van der Waals surface area contributed by atoms with Crippen LogP contribution in [0.25, 0.3) is 6.08 Å². The van der Waals surface area contributed by atoms with Crippen molar-refractivity contribution in [2.75, 3.05) is 13.2 Å². The Balaban J connectivity index is 1.88. The zero-order valence-corrected chi connectivity index (χ0v) is 20.7. The van der Waals surface area contributed by atoms with Crippen LogP contribution in [0.15, 0.2) is 35.2 Å². The Bertz CT molecular complexity index is 1030. The smallest absolute Gasteiger partial charge is 0.293 e. The minimum Gasteiger partial charge on any atom is -0.490 e. The summed E-state index contributed by atoms with van der Waals surface area (Å²) in [5, 5.41) is 0.559. The van der Waals surface area contributed by atoms with Crippen LogP contribution in [0.1, 0.15) is 25.0 Å². The van der Waals surface area contributed by atoms with Crippen molar-refractivity contribution in [3.05, 3.63) is 60.0 Å². The Kier molecular flexibility index (Phi) is 7.95. The van der Waals surface area contributed by atoms with E-state index in [0.29, 0.717) is 45.2 Å². The van der Waals surface area contributed by atoms with E-state index in [-0.39, 0.29) is 17.7 Å². The van der Waals surface area contributed by atoms with E-state index in [9.17, 15) is 9.59 Å². The number of amides is 2. The van der Waals surface area contributed by atoms with Gasteiger partial charge < -0.3 is 9.47 Å². The number of rotatable bonds is 7. The van der Waals surface area contributed by atoms with Gasteiger partial charge in [-0.3, -0.25) is 14.5 Å². The van der Waals surface area contributed by atoms with Crippen molar-refractivity contribution in [3.8, 4) is 11.5 Å². The molecule has 3 rings (SSSR count). The van der Waals surface area contributed by atoms with Gasteiger partial charge in [0.2, 0.25) is 0 Å². The third kappa shape index (κ3) is 5.25. The lowest BCUT2D eigenvalue weighted by Gasteiger charge is -2.14. The summed E-state index contributed by atoms with van der Waals surface area (Å²) in [5.74, 6) is 0.908. The standard InChI is InChI=1S/C21H18Cl2INO4S/c1-3-28-17-8-12(7-16(24)19(17)29-4-2)9-18-20(26)25(21(27)30-18)11-13-5-6-14(22)10-15(13)23/h5-10H,3-4,11H2,1-2H3/b18-9-. The van der Waals surface area contributed by atoms with Crippen molar-refractivity contribution in [1.82, 2.24) is 4.90 Å². The van der Waals surface area contributed by atoms with Crippen molar-refractivity contribution in [3.63, 3.8) is 0 Å². The molecule has 1 saturated heterocycles. The molecule has 2 amide bonds. The second-order valence-corrected chi connectivity index (χ2v) is 9.20. The molecule has 5 nitrogen and oxygen atoms in total. The molecule has 0 aliphatic carbocycles. The fourth-order valence-electron chi connectivity index (χ4n) is 2.83. The van der Waals surface area contributed by atoms with Gasteiger partial charge in [0.15, 0.2) is 11.5 Å². The van der Waals surface area contributed by atoms with Crippen LogP contribution >= 0.6 is 57.6 Å². The number of halogens is 3. The molecule has 0 unspecified atom stereocenters. The van der Waals surface area contributed by atoms with Gasteiger partial charge in [0.25, 0.3) is 11.1 Å². The highest BCUT2D eigenvalue weighted by Crippen LogP contribution is 2.38. The van der Waals surface area contributed by atoms with E-state index in [4.69, 9.17) is 32.7 Å². The number of imide groups is 1. The molecule has 1 heterocycles. The Morgan fingerprint density at radius 1 is 1.10 bits per heavy atom. The number of benzene rings is 2. The average molecular weight is 578 g/mol. The summed E-state index contributed by atoms with van der Waals surface area (Å²) in [4.78, 5) is 26.8. The number of carbonyl (C=O) groups excluding carboxylic acids is 2. The molecule has 0 atom stereocenters. The predicted octanol–water partition coefficient (Wildman–Crippen LogP) is 6.63. The monoisotopic (exact) mass is 577 g/mol. The number of ether oxygens (including phenoxy) is 2. The van der Waals surface area contributed by atoms with Gasteiger partial charge in [0, 0.05) is 10.0 Å². The summed E-state index contributed by atoms with van der Waals surface area (Å²) < 4.78 is 12.2. The maximum Gasteiger partial charge on any atom is 0.293 e. The normalized spacial score (nSPS) is 15.2. The van der Waals surface area contributed by atoms with E-state index < -0.39 is 0 Å². The van der Waals surface area contributed by atoms with E-state index in [2.05, 4.69) is 22.6 Å². The quantitative estimate of drug-likeness (QED) is 0.273. The first-order valence-electron chi connectivity index (χ1n) is 9.12. The molecule has 1 aliphatic heterocycles. The zero-order chi connectivity index (χ0) is 21.8. The maximum atomic E-state index is 12.9. The lowest BCUT2D eigenvalue weighted by molar-refractivity contribution is -0.123. The Hall–Kier alpha value is -1.42. The second kappa shape index (κ2) is 10.3. The van der Waals surface area contributed by atoms with E-state index in [1.54, 1.807) is 30.3 Å². The second-order valence-electron chi connectivity index (χ2n) is 6.20. The lowest BCUT2D eigenvalue weighted by Crippen LogP contribution is -2.27. The lowest BCUT2D eigenvalue weighted by atomic mass is 10.1. The van der Waals surface area contributed by atoms with E-state index >= 15 is 0 Å². The van der Waals surface area contributed by atoms with Gasteiger partial charge >= 0.3 is 0 Å². The van der Waals surface area contributed by atoms with Gasteiger partial charge in [0.1, 0.15) is 0 Å². The minimum absolute atomic E-state index is 0.0863. The first-order valence-corrected chi connectivity index (χ1v) is 11.8. The zero-order valence-electron chi connectivity index (χ0n) is 16.2. The molecule has 9 heteroatoms. The summed E-state index contributed by atoms with van der Waals surface area (Å²) in [6.45, 7) is 4.88. The molecule has 2 aromatic rings. The summed E-state index contributed by atoms with van der Waals surface area (Å²) in [7, 11) is 0. The summed E-state index contributed by atoms with van der Waals surface area (Å²) >= 11 is 15.2. The van der Waals surface area contributed by atoms with Crippen LogP contribution in [0.5, 0.6) is 11.5 Å². The van der Waals surface area contributed by atoms with Gasteiger partial charge in [-0.2, -0.15) is 0 Å². The number of thioether (sulfide) groups is 1. The average Bonchev–Trinajstić information content (AvgIpc) is 2.94. The number of hydrogen-bond acceptors (Lipinski definition) is 5. The molecule has 0 N–H and O–H groups in total. The fraction of sp³-hybridized carbons (Fsp3) is 0.238. The molecule has 30 heavy (non-hydrogen) atoms. The maximum absolute atomic E-state index is 12.9. The number of nitrogens with zero attached hydrogens (tertiary/aromatic N) is 1. The van der Waals surface area contributed by atoms with Crippen molar-refractivity contribution in [2.24, 2.45) is 0 Å². The largest absolute Gasteiger partial charge is 0.490 e. The molecule has 0 saturated carbocycles. The van der Waals surface area contributed by atoms with Crippen LogP contribution in [0, 0.1) is 3.57 Å². The van der Waals surface area contributed by atoms with Crippen LogP contribution in [0.2, 0.25) is 10.0 Å². The molecular formula is C21H18Cl2INO4S. The van der Waals surface area contributed by atoms with E-state index in [0.717, 1.165) is 20.9 Å². The molecule has 158 valence electrons. The minimum atomic E-state index is -0.363. The molecule has 0 radical (unpaired) electrons. The fourth-order valence-corrected chi connectivity index (χ4v) is 4.91. The van der Waals surface area contributed by atoms with Gasteiger partial charge in [-0.1, -0.05) is 29.3 Å². The van der Waals surface area contributed by atoms with Gasteiger partial charge in [-0.25, -0.2) is 0 Å². The number of carbonyl (C=O) groups is 2. The van der Waals surface area contributed by atoms with Crippen LogP contribution < -0.4 is 9.47 Å². The summed E-state index contributed by atoms with van der Waals surface area (Å²) in [5.41, 5.74) is 1.40. The third-order valence-corrected chi connectivity index (χ3v) is 6.43. The van der Waals surface area contributed by atoms with Crippen molar-refractivity contribution < 1.29 is 19.1 Å². The first kappa shape index (κ1) is 23.2. The third-order valence-electron chi connectivity index (χ3n) is 4.14. The predicted molar refractivity (Wildman–Crippen MR) is 129 cm³/mol. The molecule has 1 fully saturated rings. The van der Waals surface area contributed by atoms with E-state index in [1.807, 2.05) is 19.9 Å². The van der Waals surface area contributed by atoms with Crippen LogP contribution in [0.3, 0.4) is 0 Å². The SMILES string of the molecule is CCOc1cc(/C=C2\SC(=O)N(Cc3ccc(Cl)cc3Cl)C2=O)cc(I)c1OCC. The van der Waals surface area contributed by atoms with Crippen LogP contribution in [-0.4, -0.2) is 29.3 Å². The number of hydrogen-bond donors (Lipinski definition) is 0. The topological polar surface area (TPSA) is 55.8 Å². The van der Waals surface area contributed by atoms with Crippen molar-refractivity contribution in [1.29, 1.82) is 0 Å². The van der Waals surface area contributed by atoms with Gasteiger partial charge in [-0.15, -0.1) is 0 Å². The molecule has 2 aromatic carbocycles. The van der Waals surface area contributed by atoms with Gasteiger partial charge in [-0.05, 0) is 89.7 Å². The Morgan fingerprint density at radius 3 is 2.50 bits per heavy atom. The molecule has 0 bridgehead atoms. The highest BCUT2D eigenvalue weighted by molar-refractivity contribution is 14.1. The van der Waals surface area contributed by atoms with E-state index in [1.165, 1.54) is 4.90 Å². The Morgan fingerprint density at radius 2 is 1.83 bits per heavy atom. The van der Waals surface area contributed by atoms with Crippen molar-refractivity contribution in [2.45, 2.75) is 20.4 Å². The summed E-state index contributed by atoms with van der Waals surface area (Å²) in [6, 6.07) is 8.67. The molecule has 1 aliphatic rings. The molecular weight excluding hydrogens is 560 g/mol.